The molecule has 0 fully saturated rings. The van der Waals surface area contributed by atoms with E-state index in [2.05, 4.69) is 10.6 Å². The van der Waals surface area contributed by atoms with Crippen molar-refractivity contribution in [2.75, 3.05) is 11.9 Å². The molecule has 2 heterocycles. The number of benzene rings is 2. The number of anilines is 1. The lowest BCUT2D eigenvalue weighted by molar-refractivity contribution is 0.0998. The summed E-state index contributed by atoms with van der Waals surface area (Å²) in [6.45, 7) is 5.40. The summed E-state index contributed by atoms with van der Waals surface area (Å²) in [5, 5.41) is 6.71. The third-order valence-electron chi connectivity index (χ3n) is 4.81. The maximum Gasteiger partial charge on any atom is 0.291 e. The highest BCUT2D eigenvalue weighted by atomic mass is 35.5. The highest BCUT2D eigenvalue weighted by Crippen LogP contribution is 2.27. The van der Waals surface area contributed by atoms with E-state index in [1.807, 2.05) is 32.0 Å². The van der Waals surface area contributed by atoms with E-state index >= 15 is 0 Å². The van der Waals surface area contributed by atoms with Gasteiger partial charge in [-0.05, 0) is 73.3 Å². The van der Waals surface area contributed by atoms with E-state index < -0.39 is 5.91 Å². The van der Waals surface area contributed by atoms with Crippen LogP contribution in [-0.2, 0) is 13.0 Å². The Morgan fingerprint density at radius 1 is 1.19 bits per heavy atom. The standard InChI is InChI=1S/C20H19FN2O2.ClH/c1-11-7-14-9-18(25-17(14)8-12(11)2)20(24)23-16-4-3-13-10-22-6-5-15(13)19(16)21;/h3-4,7-9,22H,5-6,10H2,1-2H3,(H,23,24);1H. The molecule has 4 rings (SSSR count). The minimum atomic E-state index is -0.445. The Morgan fingerprint density at radius 2 is 1.96 bits per heavy atom. The predicted octanol–water partition coefficient (Wildman–Crippen LogP) is 4.51. The number of rotatable bonds is 2. The monoisotopic (exact) mass is 374 g/mol. The lowest BCUT2D eigenvalue weighted by atomic mass is 9.99. The number of fused-ring (bicyclic) bond motifs is 2. The largest absolute Gasteiger partial charge is 0.451 e. The Kier molecular flexibility index (Phi) is 5.03. The van der Waals surface area contributed by atoms with Gasteiger partial charge in [0.25, 0.3) is 5.91 Å². The fourth-order valence-corrected chi connectivity index (χ4v) is 3.23. The van der Waals surface area contributed by atoms with Crippen molar-refractivity contribution >= 4 is 35.0 Å². The molecule has 0 atom stereocenters. The summed E-state index contributed by atoms with van der Waals surface area (Å²) in [5.74, 6) is -0.617. The van der Waals surface area contributed by atoms with Crippen LogP contribution in [0.15, 0.2) is 34.7 Å². The molecular weight excluding hydrogens is 355 g/mol. The molecule has 2 N–H and O–H groups in total. The van der Waals surface area contributed by atoms with Crippen molar-refractivity contribution in [1.29, 1.82) is 0 Å². The highest BCUT2D eigenvalue weighted by Gasteiger charge is 2.19. The van der Waals surface area contributed by atoms with E-state index in [4.69, 9.17) is 4.42 Å². The van der Waals surface area contributed by atoms with E-state index in [1.54, 1.807) is 12.1 Å². The minimum absolute atomic E-state index is 0. The number of hydrogen-bond acceptors (Lipinski definition) is 3. The van der Waals surface area contributed by atoms with Crippen LogP contribution < -0.4 is 10.6 Å². The maximum atomic E-state index is 14.7. The molecule has 0 aliphatic carbocycles. The van der Waals surface area contributed by atoms with Crippen molar-refractivity contribution in [3.05, 3.63) is 64.2 Å². The zero-order valence-corrected chi connectivity index (χ0v) is 15.4. The van der Waals surface area contributed by atoms with Gasteiger partial charge in [-0.1, -0.05) is 6.07 Å². The fraction of sp³-hybridized carbons (Fsp3) is 0.250. The molecule has 0 saturated heterocycles. The SMILES string of the molecule is Cc1cc2cc(C(=O)Nc3ccc4c(c3F)CCNC4)oc2cc1C.Cl. The van der Waals surface area contributed by atoms with Crippen molar-refractivity contribution in [3.8, 4) is 0 Å². The summed E-state index contributed by atoms with van der Waals surface area (Å²) >= 11 is 0. The predicted molar refractivity (Wildman–Crippen MR) is 103 cm³/mol. The van der Waals surface area contributed by atoms with Crippen LogP contribution in [0.3, 0.4) is 0 Å². The van der Waals surface area contributed by atoms with E-state index in [1.165, 1.54) is 0 Å². The summed E-state index contributed by atoms with van der Waals surface area (Å²) in [6.07, 6.45) is 0.619. The Bertz CT molecular complexity index is 958. The van der Waals surface area contributed by atoms with Crippen LogP contribution in [0, 0.1) is 19.7 Å². The molecule has 1 aromatic heterocycles. The first-order valence-electron chi connectivity index (χ1n) is 8.36. The molecule has 4 nitrogen and oxygen atoms in total. The molecule has 0 bridgehead atoms. The molecule has 0 radical (unpaired) electrons. The van der Waals surface area contributed by atoms with E-state index in [0.29, 0.717) is 24.1 Å². The van der Waals surface area contributed by atoms with Crippen molar-refractivity contribution in [2.45, 2.75) is 26.8 Å². The minimum Gasteiger partial charge on any atom is -0.451 e. The zero-order chi connectivity index (χ0) is 17.6. The number of hydrogen-bond donors (Lipinski definition) is 2. The second-order valence-electron chi connectivity index (χ2n) is 6.53. The van der Waals surface area contributed by atoms with Crippen molar-refractivity contribution in [1.82, 2.24) is 5.32 Å². The quantitative estimate of drug-likeness (QED) is 0.694. The van der Waals surface area contributed by atoms with Crippen LogP contribution in [0.4, 0.5) is 10.1 Å². The van der Waals surface area contributed by atoms with Gasteiger partial charge in [0.05, 0.1) is 5.69 Å². The second-order valence-corrected chi connectivity index (χ2v) is 6.53. The van der Waals surface area contributed by atoms with Gasteiger partial charge in [-0.3, -0.25) is 4.79 Å². The third-order valence-corrected chi connectivity index (χ3v) is 4.81. The molecule has 2 aromatic carbocycles. The molecule has 1 aliphatic rings. The van der Waals surface area contributed by atoms with Gasteiger partial charge in [0.15, 0.2) is 5.76 Å². The van der Waals surface area contributed by atoms with Crippen LogP contribution >= 0.6 is 12.4 Å². The van der Waals surface area contributed by atoms with E-state index in [-0.39, 0.29) is 29.7 Å². The molecule has 1 aliphatic heterocycles. The summed E-state index contributed by atoms with van der Waals surface area (Å²) in [4.78, 5) is 12.5. The molecule has 6 heteroatoms. The van der Waals surface area contributed by atoms with Gasteiger partial charge in [0, 0.05) is 11.9 Å². The van der Waals surface area contributed by atoms with Crippen LogP contribution in [0.25, 0.3) is 11.0 Å². The first-order chi connectivity index (χ1) is 12.0. The van der Waals surface area contributed by atoms with Crippen molar-refractivity contribution in [3.63, 3.8) is 0 Å². The average molecular weight is 375 g/mol. The topological polar surface area (TPSA) is 54.3 Å². The second kappa shape index (κ2) is 7.09. The Hall–Kier alpha value is -2.37. The van der Waals surface area contributed by atoms with Crippen LogP contribution in [0.2, 0.25) is 0 Å². The lowest BCUT2D eigenvalue weighted by Gasteiger charge is -2.19. The number of furan rings is 1. The molecule has 1 amide bonds. The summed E-state index contributed by atoms with van der Waals surface area (Å²) < 4.78 is 20.3. The summed E-state index contributed by atoms with van der Waals surface area (Å²) in [5.41, 5.74) is 4.70. The Morgan fingerprint density at radius 3 is 2.77 bits per heavy atom. The summed E-state index contributed by atoms with van der Waals surface area (Å²) in [7, 11) is 0. The van der Waals surface area contributed by atoms with Crippen molar-refractivity contribution < 1.29 is 13.6 Å². The lowest BCUT2D eigenvalue weighted by Crippen LogP contribution is -2.25. The normalized spacial score (nSPS) is 13.2. The maximum absolute atomic E-state index is 14.7. The fourth-order valence-electron chi connectivity index (χ4n) is 3.23. The Balaban J connectivity index is 0.00000196. The number of aryl methyl sites for hydroxylation is 2. The molecular formula is C20H20ClFN2O2. The smallest absolute Gasteiger partial charge is 0.291 e. The van der Waals surface area contributed by atoms with E-state index in [9.17, 15) is 9.18 Å². The van der Waals surface area contributed by atoms with Gasteiger partial charge >= 0.3 is 0 Å². The number of carbonyl (C=O) groups is 1. The highest BCUT2D eigenvalue weighted by molar-refractivity contribution is 6.04. The van der Waals surface area contributed by atoms with Gasteiger partial charge in [0.1, 0.15) is 11.4 Å². The molecule has 0 unspecified atom stereocenters. The number of carbonyl (C=O) groups excluding carboxylic acids is 1. The molecule has 26 heavy (non-hydrogen) atoms. The summed E-state index contributed by atoms with van der Waals surface area (Å²) in [6, 6.07) is 9.05. The third kappa shape index (κ3) is 3.20. The van der Waals surface area contributed by atoms with Gasteiger partial charge in [0.2, 0.25) is 0 Å². The first-order valence-corrected chi connectivity index (χ1v) is 8.36. The van der Waals surface area contributed by atoms with Gasteiger partial charge in [-0.15, -0.1) is 12.4 Å². The van der Waals surface area contributed by atoms with Crippen molar-refractivity contribution in [2.24, 2.45) is 0 Å². The van der Waals surface area contributed by atoms with Crippen LogP contribution in [0.5, 0.6) is 0 Å². The first kappa shape index (κ1) is 18.4. The zero-order valence-electron chi connectivity index (χ0n) is 14.6. The number of halogens is 2. The van der Waals surface area contributed by atoms with Crippen LogP contribution in [0.1, 0.15) is 32.8 Å². The van der Waals surface area contributed by atoms with Crippen LogP contribution in [-0.4, -0.2) is 12.5 Å². The molecule has 3 aromatic rings. The molecule has 0 saturated carbocycles. The van der Waals surface area contributed by atoms with E-state index in [0.717, 1.165) is 28.6 Å². The molecule has 0 spiro atoms. The van der Waals surface area contributed by atoms with Gasteiger partial charge in [-0.25, -0.2) is 4.39 Å². The molecule has 136 valence electrons. The van der Waals surface area contributed by atoms with Gasteiger partial charge < -0.3 is 15.1 Å². The number of amides is 1. The number of nitrogens with one attached hydrogen (secondary N) is 2. The Labute approximate surface area is 157 Å². The average Bonchev–Trinajstić information content (AvgIpc) is 3.01. The van der Waals surface area contributed by atoms with Gasteiger partial charge in [-0.2, -0.15) is 0 Å².